The van der Waals surface area contributed by atoms with Crippen LogP contribution >= 0.6 is 34.7 Å². The van der Waals surface area contributed by atoms with Crippen molar-refractivity contribution in [2.45, 2.75) is 24.9 Å². The molecular formula is C16H15ClN2OS2. The van der Waals surface area contributed by atoms with Crippen molar-refractivity contribution >= 4 is 39.7 Å². The van der Waals surface area contributed by atoms with Crippen molar-refractivity contribution in [2.24, 2.45) is 0 Å². The van der Waals surface area contributed by atoms with Gasteiger partial charge in [-0.3, -0.25) is 9.20 Å². The van der Waals surface area contributed by atoms with Crippen LogP contribution in [0.1, 0.15) is 29.1 Å². The second-order valence-electron chi connectivity index (χ2n) is 5.06. The first-order chi connectivity index (χ1) is 10.6. The van der Waals surface area contributed by atoms with Crippen molar-refractivity contribution in [1.82, 2.24) is 9.38 Å². The highest BCUT2D eigenvalue weighted by molar-refractivity contribution is 7.98. The second-order valence-corrected chi connectivity index (χ2v) is 7.63. The van der Waals surface area contributed by atoms with E-state index in [9.17, 15) is 4.79 Å². The van der Waals surface area contributed by atoms with Crippen molar-refractivity contribution in [2.75, 3.05) is 0 Å². The fourth-order valence-electron chi connectivity index (χ4n) is 2.28. The summed E-state index contributed by atoms with van der Waals surface area (Å²) in [5.74, 6) is 0.690. The normalized spacial score (nSPS) is 12.7. The lowest BCUT2D eigenvalue weighted by Gasteiger charge is -2.13. The Bertz CT molecular complexity index is 872. The SMILES string of the molecule is Cc1csc2nc(CSC(C)c3ccccc3Cl)cc(=O)n12. The van der Waals surface area contributed by atoms with Crippen LogP contribution in [-0.2, 0) is 5.75 Å². The first kappa shape index (κ1) is 15.6. The maximum absolute atomic E-state index is 12.1. The van der Waals surface area contributed by atoms with Crippen LogP contribution in [0.25, 0.3) is 4.96 Å². The summed E-state index contributed by atoms with van der Waals surface area (Å²) in [6, 6.07) is 9.48. The summed E-state index contributed by atoms with van der Waals surface area (Å²) >= 11 is 9.45. The Morgan fingerprint density at radius 2 is 2.18 bits per heavy atom. The molecule has 0 radical (unpaired) electrons. The quantitative estimate of drug-likeness (QED) is 0.683. The van der Waals surface area contributed by atoms with Crippen LogP contribution in [0.2, 0.25) is 5.02 Å². The molecule has 0 aliphatic heterocycles. The first-order valence-corrected chi connectivity index (χ1v) is 9.19. The molecule has 0 bridgehead atoms. The van der Waals surface area contributed by atoms with Crippen LogP contribution in [-0.4, -0.2) is 9.38 Å². The van der Waals surface area contributed by atoms with Crippen molar-refractivity contribution in [1.29, 1.82) is 0 Å². The molecule has 3 rings (SSSR count). The molecule has 2 aromatic heterocycles. The first-order valence-electron chi connectivity index (χ1n) is 6.89. The molecular weight excluding hydrogens is 336 g/mol. The van der Waals surface area contributed by atoms with Gasteiger partial charge in [-0.25, -0.2) is 4.98 Å². The Kier molecular flexibility index (Phi) is 4.57. The molecule has 0 amide bonds. The number of benzene rings is 1. The van der Waals surface area contributed by atoms with Crippen LogP contribution in [0.3, 0.4) is 0 Å². The smallest absolute Gasteiger partial charge is 0.258 e. The monoisotopic (exact) mass is 350 g/mol. The third kappa shape index (κ3) is 3.07. The zero-order valence-corrected chi connectivity index (χ0v) is 14.6. The molecule has 0 spiro atoms. The van der Waals surface area contributed by atoms with Gasteiger partial charge < -0.3 is 0 Å². The fourth-order valence-corrected chi connectivity index (χ4v) is 4.49. The molecule has 0 saturated heterocycles. The molecule has 1 atom stereocenters. The highest BCUT2D eigenvalue weighted by Gasteiger charge is 2.12. The summed E-state index contributed by atoms with van der Waals surface area (Å²) in [4.78, 5) is 17.5. The molecule has 3 aromatic rings. The van der Waals surface area contributed by atoms with E-state index in [0.717, 1.165) is 26.9 Å². The Balaban J connectivity index is 1.79. The van der Waals surface area contributed by atoms with E-state index < -0.39 is 0 Å². The van der Waals surface area contributed by atoms with Gasteiger partial charge in [-0.05, 0) is 25.5 Å². The van der Waals surface area contributed by atoms with E-state index in [4.69, 9.17) is 11.6 Å². The number of rotatable bonds is 4. The zero-order valence-electron chi connectivity index (χ0n) is 12.2. The Morgan fingerprint density at radius 1 is 1.41 bits per heavy atom. The minimum Gasteiger partial charge on any atom is -0.269 e. The van der Waals surface area contributed by atoms with E-state index in [-0.39, 0.29) is 10.8 Å². The molecule has 0 fully saturated rings. The summed E-state index contributed by atoms with van der Waals surface area (Å²) in [5, 5.41) is 2.98. The van der Waals surface area contributed by atoms with Crippen LogP contribution in [0.5, 0.6) is 0 Å². The number of hydrogen-bond acceptors (Lipinski definition) is 4. The largest absolute Gasteiger partial charge is 0.269 e. The van der Waals surface area contributed by atoms with E-state index >= 15 is 0 Å². The number of fused-ring (bicyclic) bond motifs is 1. The topological polar surface area (TPSA) is 34.4 Å². The van der Waals surface area contributed by atoms with E-state index in [1.54, 1.807) is 22.2 Å². The van der Waals surface area contributed by atoms with Crippen molar-refractivity contribution < 1.29 is 0 Å². The summed E-state index contributed by atoms with van der Waals surface area (Å²) in [5.41, 5.74) is 2.85. The maximum atomic E-state index is 12.1. The molecule has 22 heavy (non-hydrogen) atoms. The minimum absolute atomic E-state index is 0.00949. The van der Waals surface area contributed by atoms with Crippen LogP contribution in [0, 0.1) is 6.92 Å². The van der Waals surface area contributed by atoms with Gasteiger partial charge in [0, 0.05) is 33.2 Å². The van der Waals surface area contributed by atoms with Crippen LogP contribution in [0.15, 0.2) is 40.5 Å². The molecule has 1 aromatic carbocycles. The average Bonchev–Trinajstić information content (AvgIpc) is 2.87. The highest BCUT2D eigenvalue weighted by atomic mass is 35.5. The predicted octanol–water partition coefficient (Wildman–Crippen LogP) is 4.71. The van der Waals surface area contributed by atoms with Gasteiger partial charge in [0.1, 0.15) is 0 Å². The summed E-state index contributed by atoms with van der Waals surface area (Å²) in [6.45, 7) is 4.03. The molecule has 2 heterocycles. The van der Waals surface area contributed by atoms with Gasteiger partial charge in [0.15, 0.2) is 4.96 Å². The van der Waals surface area contributed by atoms with E-state index in [1.165, 1.54) is 11.3 Å². The second kappa shape index (κ2) is 6.44. The van der Waals surface area contributed by atoms with Crippen molar-refractivity contribution in [3.05, 3.63) is 68.0 Å². The molecule has 0 aliphatic rings. The Morgan fingerprint density at radius 3 is 2.95 bits per heavy atom. The van der Waals surface area contributed by atoms with Crippen molar-refractivity contribution in [3.63, 3.8) is 0 Å². The number of aromatic nitrogens is 2. The van der Waals surface area contributed by atoms with Crippen LogP contribution < -0.4 is 5.56 Å². The van der Waals surface area contributed by atoms with Gasteiger partial charge in [-0.15, -0.1) is 23.1 Å². The van der Waals surface area contributed by atoms with Gasteiger partial charge >= 0.3 is 0 Å². The summed E-state index contributed by atoms with van der Waals surface area (Å²) < 4.78 is 1.65. The summed E-state index contributed by atoms with van der Waals surface area (Å²) in [7, 11) is 0. The Hall–Kier alpha value is -1.30. The average molecular weight is 351 g/mol. The van der Waals surface area contributed by atoms with Gasteiger partial charge in [-0.2, -0.15) is 0 Å². The van der Waals surface area contributed by atoms with Crippen LogP contribution in [0.4, 0.5) is 0 Å². The Labute approximate surface area is 142 Å². The fraction of sp³-hybridized carbons (Fsp3) is 0.250. The molecule has 114 valence electrons. The maximum Gasteiger partial charge on any atom is 0.258 e. The zero-order chi connectivity index (χ0) is 15.7. The van der Waals surface area contributed by atoms with E-state index in [1.807, 2.05) is 36.6 Å². The molecule has 0 N–H and O–H groups in total. The number of halogens is 1. The molecule has 6 heteroatoms. The number of hydrogen-bond donors (Lipinski definition) is 0. The molecule has 0 saturated carbocycles. The number of thiazole rings is 1. The lowest BCUT2D eigenvalue weighted by Crippen LogP contribution is -2.14. The van der Waals surface area contributed by atoms with Gasteiger partial charge in [-0.1, -0.05) is 29.8 Å². The summed E-state index contributed by atoms with van der Waals surface area (Å²) in [6.07, 6.45) is 0. The van der Waals surface area contributed by atoms with Gasteiger partial charge in [0.2, 0.25) is 0 Å². The highest BCUT2D eigenvalue weighted by Crippen LogP contribution is 2.34. The third-order valence-electron chi connectivity index (χ3n) is 3.45. The molecule has 1 unspecified atom stereocenters. The lowest BCUT2D eigenvalue weighted by molar-refractivity contribution is 0.994. The van der Waals surface area contributed by atoms with E-state index in [0.29, 0.717) is 5.75 Å². The minimum atomic E-state index is -0.00949. The number of aryl methyl sites for hydroxylation is 1. The molecule has 3 nitrogen and oxygen atoms in total. The third-order valence-corrected chi connectivity index (χ3v) is 5.96. The lowest BCUT2D eigenvalue weighted by atomic mass is 10.2. The number of nitrogens with zero attached hydrogens (tertiary/aromatic N) is 2. The van der Waals surface area contributed by atoms with Crippen molar-refractivity contribution in [3.8, 4) is 0 Å². The predicted molar refractivity (Wildman–Crippen MR) is 95.2 cm³/mol. The standard InChI is InChI=1S/C16H15ClN2OS2/c1-10-8-22-16-18-12(7-15(20)19(10)16)9-21-11(2)13-5-3-4-6-14(13)17/h3-8,11H,9H2,1-2H3. The van der Waals surface area contributed by atoms with Gasteiger partial charge in [0.05, 0.1) is 5.69 Å². The van der Waals surface area contributed by atoms with E-state index in [2.05, 4.69) is 11.9 Å². The number of thioether (sulfide) groups is 1. The molecule has 0 aliphatic carbocycles. The van der Waals surface area contributed by atoms with Gasteiger partial charge in [0.25, 0.3) is 5.56 Å².